The Morgan fingerprint density at radius 3 is 2.15 bits per heavy atom. The van der Waals surface area contributed by atoms with Gasteiger partial charge >= 0.3 is 65.1 Å². The largest absolute Gasteiger partial charge is 1.00 e. The van der Waals surface area contributed by atoms with E-state index in [1.807, 2.05) is 42.5 Å². The molecule has 0 aliphatic heterocycles. The fraction of sp³-hybridized carbons (Fsp3) is 0.174. The summed E-state index contributed by atoms with van der Waals surface area (Å²) in [7, 11) is 1.46. The Kier molecular flexibility index (Phi) is 11.4. The number of carboxylic acid groups (broad SMARTS) is 1. The molecule has 0 saturated heterocycles. The first-order valence-corrected chi connectivity index (χ1v) is 9.56. The van der Waals surface area contributed by atoms with Gasteiger partial charge in [0.25, 0.3) is 5.56 Å². The number of benzene rings is 2. The van der Waals surface area contributed by atoms with E-state index in [1.54, 1.807) is 12.1 Å². The van der Waals surface area contributed by atoms with Crippen molar-refractivity contribution in [1.82, 2.24) is 9.88 Å². The maximum absolute atomic E-state index is 12.5. The first kappa shape index (κ1) is 29.0. The van der Waals surface area contributed by atoms with Crippen LogP contribution in [0.25, 0.3) is 11.1 Å². The number of aryl methyl sites for hydroxylation is 2. The van der Waals surface area contributed by atoms with Crippen molar-refractivity contribution in [2.24, 2.45) is 7.05 Å². The Labute approximate surface area is 235 Å². The van der Waals surface area contributed by atoms with Crippen molar-refractivity contribution in [2.45, 2.75) is 19.4 Å². The normalized spacial score (nSPS) is 10.8. The van der Waals surface area contributed by atoms with Crippen LogP contribution < -0.4 is 85.5 Å². The number of aliphatic carboxylic acids is 1. The second-order valence-corrected chi connectivity index (χ2v) is 7.15. The number of carbonyl (C=O) groups excluding carboxylic acids is 2. The van der Waals surface area contributed by atoms with Gasteiger partial charge in [-0.1, -0.05) is 60.3 Å². The van der Waals surface area contributed by atoms with Crippen LogP contribution in [0.3, 0.4) is 0 Å². The van der Waals surface area contributed by atoms with Gasteiger partial charge in [0.05, 0.1) is 6.04 Å². The second-order valence-electron chi connectivity index (χ2n) is 7.15. The Morgan fingerprint density at radius 2 is 1.58 bits per heavy atom. The zero-order chi connectivity index (χ0) is 22.5. The van der Waals surface area contributed by atoms with E-state index < -0.39 is 41.5 Å². The minimum atomic E-state index is -1.35. The maximum Gasteiger partial charge on any atom is 1.00 e. The molecule has 2 amide bonds. The predicted molar refractivity (Wildman–Crippen MR) is 112 cm³/mol. The van der Waals surface area contributed by atoms with Crippen molar-refractivity contribution in [3.63, 3.8) is 0 Å². The Morgan fingerprint density at radius 1 is 1.00 bits per heavy atom. The number of rotatable bonds is 6. The van der Waals surface area contributed by atoms with Crippen molar-refractivity contribution in [3.8, 4) is 16.9 Å². The summed E-state index contributed by atoms with van der Waals surface area (Å²) in [6.07, 6.45) is 0.898. The van der Waals surface area contributed by atoms with E-state index in [1.165, 1.54) is 24.7 Å². The molecule has 0 radical (unpaired) electrons. The van der Waals surface area contributed by atoms with E-state index >= 15 is 0 Å². The van der Waals surface area contributed by atoms with Crippen LogP contribution in [-0.4, -0.2) is 16.6 Å². The summed E-state index contributed by atoms with van der Waals surface area (Å²) in [6.45, 7) is 1.53. The van der Waals surface area contributed by atoms with Gasteiger partial charge in [0.1, 0.15) is 5.69 Å². The summed E-state index contributed by atoms with van der Waals surface area (Å²) in [6, 6.07) is 14.9. The van der Waals surface area contributed by atoms with Crippen LogP contribution in [0.5, 0.6) is 5.75 Å². The average Bonchev–Trinajstić information content (AvgIpc) is 2.75. The monoisotopic (exact) mass is 465 g/mol. The molecule has 0 unspecified atom stereocenters. The minimum absolute atomic E-state index is 0. The molecule has 3 rings (SSSR count). The van der Waals surface area contributed by atoms with Crippen molar-refractivity contribution in [1.29, 1.82) is 0 Å². The van der Waals surface area contributed by atoms with Gasteiger partial charge < -0.3 is 30.2 Å². The van der Waals surface area contributed by atoms with Crippen LogP contribution in [0.4, 0.5) is 10.5 Å². The summed E-state index contributed by atoms with van der Waals surface area (Å²) in [5, 5.41) is 28.2. The Bertz CT molecular complexity index is 1170. The van der Waals surface area contributed by atoms with Crippen LogP contribution in [0.1, 0.15) is 23.6 Å². The minimum Gasteiger partial charge on any atom is -0.871 e. The molecule has 0 aliphatic carbocycles. The number of carboxylic acids is 1. The molecule has 1 heterocycles. The van der Waals surface area contributed by atoms with Gasteiger partial charge in [0.2, 0.25) is 0 Å². The van der Waals surface area contributed by atoms with Crippen molar-refractivity contribution in [3.05, 3.63) is 82.3 Å². The third-order valence-corrected chi connectivity index (χ3v) is 4.84. The molecular formula is C23H21N3Na2O5. The average molecular weight is 465 g/mol. The van der Waals surface area contributed by atoms with Gasteiger partial charge in [-0.3, -0.25) is 4.79 Å². The number of hydrogen-bond acceptors (Lipinski definition) is 5. The van der Waals surface area contributed by atoms with Gasteiger partial charge in [0, 0.05) is 25.6 Å². The van der Waals surface area contributed by atoms with E-state index in [0.29, 0.717) is 11.1 Å². The number of aromatic nitrogens is 1. The third kappa shape index (κ3) is 7.46. The summed E-state index contributed by atoms with van der Waals surface area (Å²) in [4.78, 5) is 35.9. The van der Waals surface area contributed by atoms with Crippen molar-refractivity contribution in [2.75, 3.05) is 5.32 Å². The number of nitrogens with zero attached hydrogens (tertiary/aromatic N) is 1. The second kappa shape index (κ2) is 13.0. The Balaban J connectivity index is 0.00000272. The molecule has 2 aromatic carbocycles. The Hall–Kier alpha value is -2.07. The summed E-state index contributed by atoms with van der Waals surface area (Å²) in [5.41, 5.74) is 1.70. The molecule has 1 atom stereocenters. The number of hydrogen-bond donors (Lipinski definition) is 2. The summed E-state index contributed by atoms with van der Waals surface area (Å²) < 4.78 is 1.19. The molecule has 33 heavy (non-hydrogen) atoms. The van der Waals surface area contributed by atoms with Gasteiger partial charge in [-0.25, -0.2) is 4.79 Å². The van der Waals surface area contributed by atoms with Gasteiger partial charge in [0.15, 0.2) is 0 Å². The van der Waals surface area contributed by atoms with Gasteiger partial charge in [-0.05, 0) is 29.2 Å². The number of anilines is 1. The van der Waals surface area contributed by atoms with Crippen molar-refractivity contribution >= 4 is 17.7 Å². The van der Waals surface area contributed by atoms with E-state index in [9.17, 15) is 24.6 Å². The standard InChI is InChI=1S/C23H23N3O5.2Na/c1-14-13-26(2)22(30)20(21(14)29)25-23(31)24-18(12-19(27)28)17-10-8-16(9-11-17)15-6-4-3-5-7-15;;/h3-11,13,18,29H,12H2,1-2H3,(H,27,28)(H2,24,25,31);;/q;2*+1/p-2/t18-;;/m0../s1. The number of urea groups is 1. The molecule has 0 saturated carbocycles. The maximum atomic E-state index is 12.5. The van der Waals surface area contributed by atoms with Crippen LogP contribution in [-0.2, 0) is 11.8 Å². The SMILES string of the molecule is Cc1cn(C)c(=O)c(NC(=O)N[C@@H](CC(=O)[O-])c2ccc(-c3ccccc3)cc2)c1[O-].[Na+].[Na+]. The van der Waals surface area contributed by atoms with Crippen molar-refractivity contribution < 1.29 is 78.9 Å². The molecular weight excluding hydrogens is 444 g/mol. The fourth-order valence-electron chi connectivity index (χ4n) is 3.25. The van der Waals surface area contributed by atoms with Crippen LogP contribution in [0.15, 0.2) is 65.6 Å². The zero-order valence-corrected chi connectivity index (χ0v) is 23.0. The number of pyridine rings is 1. The fourth-order valence-corrected chi connectivity index (χ4v) is 3.25. The predicted octanol–water partition coefficient (Wildman–Crippen LogP) is -4.55. The smallest absolute Gasteiger partial charge is 0.871 e. The number of nitrogens with one attached hydrogen (secondary N) is 2. The number of amides is 2. The van der Waals surface area contributed by atoms with Gasteiger partial charge in [-0.15, -0.1) is 0 Å². The van der Waals surface area contributed by atoms with E-state index in [-0.39, 0.29) is 59.1 Å². The molecule has 0 spiro atoms. The molecule has 0 bridgehead atoms. The molecule has 8 nitrogen and oxygen atoms in total. The topological polar surface area (TPSA) is 126 Å². The molecule has 160 valence electrons. The molecule has 2 N–H and O–H groups in total. The first-order valence-electron chi connectivity index (χ1n) is 9.56. The van der Waals surface area contributed by atoms with E-state index in [2.05, 4.69) is 10.6 Å². The van der Waals surface area contributed by atoms with Gasteiger partial charge in [-0.2, -0.15) is 0 Å². The number of carbonyl (C=O) groups is 2. The molecule has 10 heteroatoms. The zero-order valence-electron chi connectivity index (χ0n) is 19.0. The van der Waals surface area contributed by atoms with E-state index in [0.717, 1.165) is 11.1 Å². The van der Waals surface area contributed by atoms with Crippen LogP contribution >= 0.6 is 0 Å². The summed E-state index contributed by atoms with van der Waals surface area (Å²) in [5.74, 6) is -1.95. The third-order valence-electron chi connectivity index (χ3n) is 4.84. The molecule has 0 fully saturated rings. The quantitative estimate of drug-likeness (QED) is 0.355. The molecule has 1 aromatic heterocycles. The van der Waals surface area contributed by atoms with Crippen LogP contribution in [0.2, 0.25) is 0 Å². The summed E-state index contributed by atoms with van der Waals surface area (Å²) >= 11 is 0. The molecule has 3 aromatic rings. The van der Waals surface area contributed by atoms with Crippen LogP contribution in [0, 0.1) is 6.92 Å². The van der Waals surface area contributed by atoms with E-state index in [4.69, 9.17) is 0 Å². The first-order chi connectivity index (χ1) is 14.8. The molecule has 0 aliphatic rings.